The van der Waals surface area contributed by atoms with Crippen molar-refractivity contribution in [2.24, 2.45) is 0 Å². The average Bonchev–Trinajstić information content (AvgIpc) is 2.46. The minimum atomic E-state index is -0.253. The number of hydrazine groups is 1. The molecule has 0 bridgehead atoms. The molecule has 2 aromatic rings. The number of carbonyl (C=O) groups is 2. The van der Waals surface area contributed by atoms with Crippen LogP contribution >= 0.6 is 0 Å². The highest BCUT2D eigenvalue weighted by Gasteiger charge is 2.04. The van der Waals surface area contributed by atoms with Crippen molar-refractivity contribution in [2.45, 2.75) is 0 Å². The van der Waals surface area contributed by atoms with Gasteiger partial charge in [-0.25, -0.2) is 0 Å². The maximum Gasteiger partial charge on any atom is 0.269 e. The lowest BCUT2D eigenvalue weighted by Crippen LogP contribution is -2.29. The number of hydrogen-bond donors (Lipinski definition) is 2. The van der Waals surface area contributed by atoms with E-state index in [2.05, 4.69) is 10.9 Å². The fourth-order valence-corrected chi connectivity index (χ4v) is 1.44. The lowest BCUT2D eigenvalue weighted by molar-refractivity contribution is 0.0962. The molecular formula is C14H12N2O2. The molecule has 2 N–H and O–H groups in total. The number of amides is 1. The van der Waals surface area contributed by atoms with Crippen LogP contribution in [0.4, 0.5) is 5.69 Å². The molecule has 0 heterocycles. The quantitative estimate of drug-likeness (QED) is 0.636. The van der Waals surface area contributed by atoms with Gasteiger partial charge in [-0.3, -0.25) is 20.4 Å². The normalized spacial score (nSPS) is 9.56. The summed E-state index contributed by atoms with van der Waals surface area (Å²) in [5.74, 6) is -0.253. The first-order valence-corrected chi connectivity index (χ1v) is 5.46. The Balaban J connectivity index is 1.97. The maximum atomic E-state index is 11.8. The van der Waals surface area contributed by atoms with E-state index >= 15 is 0 Å². The number of benzene rings is 2. The molecule has 0 unspecified atom stereocenters. The van der Waals surface area contributed by atoms with Crippen LogP contribution in [0.1, 0.15) is 20.7 Å². The molecule has 90 valence electrons. The van der Waals surface area contributed by atoms with Crippen molar-refractivity contribution < 1.29 is 9.59 Å². The molecule has 0 aromatic heterocycles. The minimum Gasteiger partial charge on any atom is -0.298 e. The summed E-state index contributed by atoms with van der Waals surface area (Å²) in [6.45, 7) is 0. The van der Waals surface area contributed by atoms with E-state index in [0.717, 1.165) is 12.0 Å². The lowest BCUT2D eigenvalue weighted by atomic mass is 10.1. The van der Waals surface area contributed by atoms with Crippen LogP contribution in [0.15, 0.2) is 54.6 Å². The second kappa shape index (κ2) is 5.63. The molecule has 0 aliphatic heterocycles. The van der Waals surface area contributed by atoms with Crippen molar-refractivity contribution in [3.8, 4) is 0 Å². The number of para-hydroxylation sites is 1. The molecular weight excluding hydrogens is 228 g/mol. The molecule has 0 saturated heterocycles. The van der Waals surface area contributed by atoms with Gasteiger partial charge in [0, 0.05) is 11.1 Å². The Hall–Kier alpha value is -2.62. The maximum absolute atomic E-state index is 11.8. The van der Waals surface area contributed by atoms with Crippen LogP contribution in [0.25, 0.3) is 0 Å². The van der Waals surface area contributed by atoms with Crippen molar-refractivity contribution in [1.29, 1.82) is 0 Å². The molecule has 18 heavy (non-hydrogen) atoms. The Bertz CT molecular complexity index is 535. The van der Waals surface area contributed by atoms with Crippen LogP contribution in [0, 0.1) is 0 Å². The van der Waals surface area contributed by atoms with Crippen LogP contribution in [0.3, 0.4) is 0 Å². The molecule has 2 rings (SSSR count). The predicted molar refractivity (Wildman–Crippen MR) is 69.4 cm³/mol. The number of carbonyl (C=O) groups excluding carboxylic acids is 2. The number of hydrogen-bond acceptors (Lipinski definition) is 3. The molecule has 4 nitrogen and oxygen atoms in total. The van der Waals surface area contributed by atoms with Gasteiger partial charge in [0.05, 0.1) is 5.69 Å². The SMILES string of the molecule is O=Cc1ccc(C(=O)NNc2ccccc2)cc1. The van der Waals surface area contributed by atoms with Gasteiger partial charge in [0.1, 0.15) is 6.29 Å². The summed E-state index contributed by atoms with van der Waals surface area (Å²) in [6.07, 6.45) is 0.740. The van der Waals surface area contributed by atoms with Crippen molar-refractivity contribution >= 4 is 17.9 Å². The molecule has 0 atom stereocenters. The Labute approximate surface area is 105 Å². The van der Waals surface area contributed by atoms with Crippen molar-refractivity contribution in [1.82, 2.24) is 5.43 Å². The van der Waals surface area contributed by atoms with Gasteiger partial charge in [0.2, 0.25) is 0 Å². The Morgan fingerprint density at radius 2 is 1.61 bits per heavy atom. The van der Waals surface area contributed by atoms with Gasteiger partial charge >= 0.3 is 0 Å². The van der Waals surface area contributed by atoms with Crippen molar-refractivity contribution in [3.63, 3.8) is 0 Å². The summed E-state index contributed by atoms with van der Waals surface area (Å²) in [4.78, 5) is 22.2. The number of anilines is 1. The van der Waals surface area contributed by atoms with E-state index in [0.29, 0.717) is 11.1 Å². The summed E-state index contributed by atoms with van der Waals surface area (Å²) in [5, 5.41) is 0. The summed E-state index contributed by atoms with van der Waals surface area (Å²) in [6, 6.07) is 15.7. The third-order valence-corrected chi connectivity index (χ3v) is 2.40. The van der Waals surface area contributed by atoms with Gasteiger partial charge in [0.15, 0.2) is 0 Å². The Morgan fingerprint density at radius 3 is 2.22 bits per heavy atom. The summed E-state index contributed by atoms with van der Waals surface area (Å²) < 4.78 is 0. The van der Waals surface area contributed by atoms with Crippen LogP contribution < -0.4 is 10.9 Å². The molecule has 0 radical (unpaired) electrons. The highest BCUT2D eigenvalue weighted by molar-refractivity contribution is 5.95. The summed E-state index contributed by atoms with van der Waals surface area (Å²) in [5.41, 5.74) is 7.21. The molecule has 0 aliphatic carbocycles. The first-order chi connectivity index (χ1) is 8.79. The van der Waals surface area contributed by atoms with E-state index in [1.54, 1.807) is 24.3 Å². The van der Waals surface area contributed by atoms with Gasteiger partial charge in [-0.05, 0) is 24.3 Å². The molecule has 2 aromatic carbocycles. The standard InChI is InChI=1S/C14H12N2O2/c17-10-11-6-8-12(9-7-11)14(18)16-15-13-4-2-1-3-5-13/h1-10,15H,(H,16,18). The first-order valence-electron chi connectivity index (χ1n) is 5.46. The minimum absolute atomic E-state index is 0.253. The molecule has 1 amide bonds. The molecule has 4 heteroatoms. The van der Waals surface area contributed by atoms with Crippen LogP contribution in [0.2, 0.25) is 0 Å². The highest BCUT2D eigenvalue weighted by atomic mass is 16.2. The zero-order valence-electron chi connectivity index (χ0n) is 9.59. The van der Waals surface area contributed by atoms with E-state index in [4.69, 9.17) is 0 Å². The number of aldehydes is 1. The third-order valence-electron chi connectivity index (χ3n) is 2.40. The predicted octanol–water partition coefficient (Wildman–Crippen LogP) is 2.26. The van der Waals surface area contributed by atoms with Crippen molar-refractivity contribution in [2.75, 3.05) is 5.43 Å². The fraction of sp³-hybridized carbons (Fsp3) is 0. The van der Waals surface area contributed by atoms with E-state index in [1.807, 2.05) is 30.3 Å². The Kier molecular flexibility index (Phi) is 3.71. The smallest absolute Gasteiger partial charge is 0.269 e. The fourth-order valence-electron chi connectivity index (χ4n) is 1.44. The zero-order valence-corrected chi connectivity index (χ0v) is 9.59. The highest BCUT2D eigenvalue weighted by Crippen LogP contribution is 2.05. The van der Waals surface area contributed by atoms with Gasteiger partial charge < -0.3 is 0 Å². The second-order valence-electron chi connectivity index (χ2n) is 3.69. The van der Waals surface area contributed by atoms with E-state index in [1.165, 1.54) is 0 Å². The van der Waals surface area contributed by atoms with E-state index in [-0.39, 0.29) is 5.91 Å². The first kappa shape index (κ1) is 11.9. The number of rotatable bonds is 4. The Morgan fingerprint density at radius 1 is 0.944 bits per heavy atom. The zero-order chi connectivity index (χ0) is 12.8. The van der Waals surface area contributed by atoms with Crippen molar-refractivity contribution in [3.05, 3.63) is 65.7 Å². The summed E-state index contributed by atoms with van der Waals surface area (Å²) in [7, 11) is 0. The lowest BCUT2D eigenvalue weighted by Gasteiger charge is -2.08. The third kappa shape index (κ3) is 2.95. The van der Waals surface area contributed by atoms with Gasteiger partial charge in [-0.2, -0.15) is 0 Å². The van der Waals surface area contributed by atoms with Crippen LogP contribution in [-0.2, 0) is 0 Å². The molecule has 0 spiro atoms. The van der Waals surface area contributed by atoms with E-state index < -0.39 is 0 Å². The second-order valence-corrected chi connectivity index (χ2v) is 3.69. The van der Waals surface area contributed by atoms with Gasteiger partial charge in [-0.15, -0.1) is 0 Å². The largest absolute Gasteiger partial charge is 0.298 e. The molecule has 0 aliphatic rings. The van der Waals surface area contributed by atoms with E-state index in [9.17, 15) is 9.59 Å². The van der Waals surface area contributed by atoms with Crippen LogP contribution in [0.5, 0.6) is 0 Å². The molecule has 0 fully saturated rings. The van der Waals surface area contributed by atoms with Gasteiger partial charge in [-0.1, -0.05) is 30.3 Å². The van der Waals surface area contributed by atoms with Gasteiger partial charge in [0.25, 0.3) is 5.91 Å². The molecule has 0 saturated carbocycles. The average molecular weight is 240 g/mol. The summed E-state index contributed by atoms with van der Waals surface area (Å²) >= 11 is 0. The topological polar surface area (TPSA) is 58.2 Å². The van der Waals surface area contributed by atoms with Crippen LogP contribution in [-0.4, -0.2) is 12.2 Å². The number of nitrogens with one attached hydrogen (secondary N) is 2. The monoisotopic (exact) mass is 240 g/mol.